The smallest absolute Gasteiger partial charge is 0.312 e. The Balaban J connectivity index is 1.85. The van der Waals surface area contributed by atoms with E-state index in [1.54, 1.807) is 22.2 Å². The minimum absolute atomic E-state index is 0.390. The quantitative estimate of drug-likeness (QED) is 0.715. The van der Waals surface area contributed by atoms with E-state index in [2.05, 4.69) is 9.88 Å². The zero-order valence-corrected chi connectivity index (χ0v) is 14.4. The summed E-state index contributed by atoms with van der Waals surface area (Å²) in [5, 5.41) is 0. The average molecular weight is 333 g/mol. The van der Waals surface area contributed by atoms with Gasteiger partial charge in [0.05, 0.1) is 0 Å². The fourth-order valence-corrected chi connectivity index (χ4v) is 2.84. The Kier molecular flexibility index (Phi) is 7.14. The van der Waals surface area contributed by atoms with Crippen LogP contribution in [0.1, 0.15) is 12.5 Å². The van der Waals surface area contributed by atoms with Crippen LogP contribution in [0.25, 0.3) is 0 Å². The largest absolute Gasteiger partial charge is 0.334 e. The summed E-state index contributed by atoms with van der Waals surface area (Å²) >= 11 is 0. The molecule has 0 aromatic carbocycles. The lowest BCUT2D eigenvalue weighted by Gasteiger charge is -2.35. The van der Waals surface area contributed by atoms with Crippen molar-refractivity contribution in [2.24, 2.45) is 5.73 Å². The second-order valence-corrected chi connectivity index (χ2v) is 5.91. The van der Waals surface area contributed by atoms with Crippen molar-refractivity contribution in [1.82, 2.24) is 19.7 Å². The fourth-order valence-electron chi connectivity index (χ4n) is 2.84. The molecule has 0 aliphatic carbocycles. The van der Waals surface area contributed by atoms with Gasteiger partial charge in [0.2, 0.25) is 0 Å². The van der Waals surface area contributed by atoms with Crippen LogP contribution in [0.15, 0.2) is 24.5 Å². The molecule has 0 spiro atoms. The second-order valence-electron chi connectivity index (χ2n) is 5.91. The van der Waals surface area contributed by atoms with Gasteiger partial charge < -0.3 is 15.5 Å². The molecule has 0 bridgehead atoms. The number of amides is 2. The zero-order valence-electron chi connectivity index (χ0n) is 14.4. The summed E-state index contributed by atoms with van der Waals surface area (Å²) in [7, 11) is 0. The molecule has 1 fully saturated rings. The summed E-state index contributed by atoms with van der Waals surface area (Å²) in [6, 6.07) is 3.85. The average Bonchev–Trinajstić information content (AvgIpc) is 2.63. The molecule has 1 aromatic heterocycles. The number of carbonyl (C=O) groups is 2. The first-order valence-electron chi connectivity index (χ1n) is 8.55. The van der Waals surface area contributed by atoms with Crippen LogP contribution in [0.3, 0.4) is 0 Å². The molecule has 0 saturated carbocycles. The summed E-state index contributed by atoms with van der Waals surface area (Å²) in [6.45, 7) is 7.16. The Morgan fingerprint density at radius 2 is 1.88 bits per heavy atom. The number of hydrogen-bond donors (Lipinski definition) is 1. The van der Waals surface area contributed by atoms with Crippen molar-refractivity contribution in [1.29, 1.82) is 0 Å². The van der Waals surface area contributed by atoms with Crippen LogP contribution in [0.5, 0.6) is 0 Å². The predicted octanol–water partition coefficient (Wildman–Crippen LogP) is -0.424. The Hall–Kier alpha value is -1.99. The molecular formula is C17H27N5O2. The van der Waals surface area contributed by atoms with Gasteiger partial charge in [-0.15, -0.1) is 0 Å². The van der Waals surface area contributed by atoms with Gasteiger partial charge >= 0.3 is 11.8 Å². The molecule has 0 unspecified atom stereocenters. The molecular weight excluding hydrogens is 306 g/mol. The maximum Gasteiger partial charge on any atom is 0.312 e. The van der Waals surface area contributed by atoms with Crippen LogP contribution >= 0.6 is 0 Å². The summed E-state index contributed by atoms with van der Waals surface area (Å²) < 4.78 is 0. The van der Waals surface area contributed by atoms with Crippen LogP contribution < -0.4 is 5.73 Å². The summed E-state index contributed by atoms with van der Waals surface area (Å²) in [5.41, 5.74) is 6.66. The molecule has 1 saturated heterocycles. The SMILES string of the molecule is CCN(CCc1ccncc1)C(=O)C(=O)N1CCN(CCN)CC1. The normalized spacial score (nSPS) is 15.3. The number of likely N-dealkylation sites (N-methyl/N-ethyl adjacent to an activating group) is 1. The van der Waals surface area contributed by atoms with Crippen molar-refractivity contribution < 1.29 is 9.59 Å². The maximum atomic E-state index is 12.5. The highest BCUT2D eigenvalue weighted by Gasteiger charge is 2.28. The molecule has 2 N–H and O–H groups in total. The molecule has 7 nitrogen and oxygen atoms in total. The third-order valence-corrected chi connectivity index (χ3v) is 4.38. The van der Waals surface area contributed by atoms with Gasteiger partial charge in [0.25, 0.3) is 0 Å². The molecule has 2 amide bonds. The standard InChI is InChI=1S/C17H27N5O2/c1-2-21(9-5-15-3-7-19-8-4-15)16(23)17(24)22-13-11-20(10-6-18)12-14-22/h3-4,7-8H,2,5-6,9-14,18H2,1H3. The van der Waals surface area contributed by atoms with E-state index >= 15 is 0 Å². The summed E-state index contributed by atoms with van der Waals surface area (Å²) in [4.78, 5) is 34.4. The first-order valence-corrected chi connectivity index (χ1v) is 8.55. The monoisotopic (exact) mass is 333 g/mol. The first-order chi connectivity index (χ1) is 11.7. The van der Waals surface area contributed by atoms with Gasteiger partial charge in [0.1, 0.15) is 0 Å². The molecule has 0 radical (unpaired) electrons. The maximum absolute atomic E-state index is 12.5. The summed E-state index contributed by atoms with van der Waals surface area (Å²) in [6.07, 6.45) is 4.19. The van der Waals surface area contributed by atoms with E-state index in [-0.39, 0.29) is 5.91 Å². The highest BCUT2D eigenvalue weighted by Crippen LogP contribution is 2.05. The van der Waals surface area contributed by atoms with Crippen molar-refractivity contribution in [3.05, 3.63) is 30.1 Å². The van der Waals surface area contributed by atoms with Crippen LogP contribution in [-0.2, 0) is 16.0 Å². The van der Waals surface area contributed by atoms with Crippen molar-refractivity contribution in [2.75, 3.05) is 52.4 Å². The van der Waals surface area contributed by atoms with E-state index in [1.165, 1.54) is 0 Å². The van der Waals surface area contributed by atoms with Gasteiger partial charge in [-0.2, -0.15) is 0 Å². The number of carbonyl (C=O) groups excluding carboxylic acids is 2. The molecule has 1 aliphatic rings. The second kappa shape index (κ2) is 9.34. The lowest BCUT2D eigenvalue weighted by atomic mass is 10.2. The third-order valence-electron chi connectivity index (χ3n) is 4.38. The number of pyridine rings is 1. The van der Waals surface area contributed by atoms with E-state index in [0.29, 0.717) is 32.7 Å². The van der Waals surface area contributed by atoms with Crippen molar-refractivity contribution in [2.45, 2.75) is 13.3 Å². The van der Waals surface area contributed by atoms with E-state index in [9.17, 15) is 9.59 Å². The molecule has 1 aromatic rings. The lowest BCUT2D eigenvalue weighted by Crippen LogP contribution is -2.54. The molecule has 7 heteroatoms. The molecule has 24 heavy (non-hydrogen) atoms. The van der Waals surface area contributed by atoms with E-state index in [4.69, 9.17) is 5.73 Å². The summed E-state index contributed by atoms with van der Waals surface area (Å²) in [5.74, 6) is -0.794. The third kappa shape index (κ3) is 5.01. The van der Waals surface area contributed by atoms with Gasteiger partial charge in [0, 0.05) is 64.8 Å². The minimum atomic E-state index is -0.404. The van der Waals surface area contributed by atoms with Crippen LogP contribution in [-0.4, -0.2) is 83.9 Å². The van der Waals surface area contributed by atoms with Gasteiger partial charge in [-0.1, -0.05) is 0 Å². The number of nitrogens with two attached hydrogens (primary N) is 1. The molecule has 2 heterocycles. The van der Waals surface area contributed by atoms with Crippen molar-refractivity contribution in [3.8, 4) is 0 Å². The first kappa shape index (κ1) is 18.4. The van der Waals surface area contributed by atoms with E-state index in [1.807, 2.05) is 19.1 Å². The van der Waals surface area contributed by atoms with Gasteiger partial charge in [-0.05, 0) is 31.0 Å². The van der Waals surface area contributed by atoms with E-state index in [0.717, 1.165) is 31.6 Å². The Bertz CT molecular complexity index is 529. The zero-order chi connectivity index (χ0) is 17.4. The Morgan fingerprint density at radius 1 is 1.21 bits per heavy atom. The number of hydrogen-bond acceptors (Lipinski definition) is 5. The van der Waals surface area contributed by atoms with Crippen molar-refractivity contribution in [3.63, 3.8) is 0 Å². The topological polar surface area (TPSA) is 82.8 Å². The predicted molar refractivity (Wildman–Crippen MR) is 92.3 cm³/mol. The number of rotatable bonds is 6. The van der Waals surface area contributed by atoms with Gasteiger partial charge in [0.15, 0.2) is 0 Å². The Morgan fingerprint density at radius 3 is 2.46 bits per heavy atom. The minimum Gasteiger partial charge on any atom is -0.334 e. The van der Waals surface area contributed by atoms with Gasteiger partial charge in [-0.25, -0.2) is 0 Å². The highest BCUT2D eigenvalue weighted by molar-refractivity contribution is 6.34. The van der Waals surface area contributed by atoms with Crippen molar-refractivity contribution >= 4 is 11.8 Å². The Labute approximate surface area is 143 Å². The fraction of sp³-hybridized carbons (Fsp3) is 0.588. The van der Waals surface area contributed by atoms with Crippen LogP contribution in [0.4, 0.5) is 0 Å². The van der Waals surface area contributed by atoms with Crippen LogP contribution in [0.2, 0.25) is 0 Å². The number of piperazine rings is 1. The molecule has 132 valence electrons. The van der Waals surface area contributed by atoms with Gasteiger partial charge in [-0.3, -0.25) is 19.5 Å². The number of aromatic nitrogens is 1. The van der Waals surface area contributed by atoms with Crippen LogP contribution in [0, 0.1) is 0 Å². The lowest BCUT2D eigenvalue weighted by molar-refractivity contribution is -0.152. The van der Waals surface area contributed by atoms with E-state index < -0.39 is 5.91 Å². The molecule has 1 aliphatic heterocycles. The molecule has 0 atom stereocenters. The number of nitrogens with zero attached hydrogens (tertiary/aromatic N) is 4. The molecule has 2 rings (SSSR count). The highest BCUT2D eigenvalue weighted by atomic mass is 16.2.